The van der Waals surface area contributed by atoms with E-state index >= 15 is 0 Å². The van der Waals surface area contributed by atoms with Gasteiger partial charge in [-0.1, -0.05) is 43.1 Å². The van der Waals surface area contributed by atoms with Crippen LogP contribution in [-0.2, 0) is 27.8 Å². The molecule has 3 aromatic rings. The summed E-state index contributed by atoms with van der Waals surface area (Å²) in [6, 6.07) is 12.3. The molecule has 7 nitrogen and oxygen atoms in total. The highest BCUT2D eigenvalue weighted by molar-refractivity contribution is 7.89. The van der Waals surface area contributed by atoms with Crippen molar-refractivity contribution in [1.82, 2.24) is 19.2 Å². The van der Waals surface area contributed by atoms with Crippen LogP contribution in [0.4, 0.5) is 0 Å². The second-order valence-electron chi connectivity index (χ2n) is 8.28. The van der Waals surface area contributed by atoms with Crippen molar-refractivity contribution in [1.29, 1.82) is 0 Å². The molecule has 1 atom stereocenters. The van der Waals surface area contributed by atoms with Gasteiger partial charge in [0.25, 0.3) is 0 Å². The first-order chi connectivity index (χ1) is 15.6. The lowest BCUT2D eigenvalue weighted by Gasteiger charge is -2.16. The molecule has 0 bridgehead atoms. The van der Waals surface area contributed by atoms with Gasteiger partial charge in [-0.3, -0.25) is 4.79 Å². The van der Waals surface area contributed by atoms with Crippen molar-refractivity contribution in [2.45, 2.75) is 57.0 Å². The maximum Gasteiger partial charge on any atom is 0.242 e. The van der Waals surface area contributed by atoms with Gasteiger partial charge in [-0.25, -0.2) is 17.7 Å². The van der Waals surface area contributed by atoms with E-state index in [1.165, 1.54) is 18.4 Å². The zero-order chi connectivity index (χ0) is 24.2. The molecule has 0 spiro atoms. The largest absolute Gasteiger partial charge is 0.350 e. The average molecular weight is 491 g/mol. The Morgan fingerprint density at radius 2 is 1.94 bits per heavy atom. The number of benzene rings is 2. The third kappa shape index (κ3) is 5.75. The molecule has 0 radical (unpaired) electrons. The van der Waals surface area contributed by atoms with Crippen LogP contribution in [0.2, 0.25) is 5.02 Å². The van der Waals surface area contributed by atoms with Gasteiger partial charge in [0.05, 0.1) is 22.0 Å². The van der Waals surface area contributed by atoms with E-state index in [0.717, 1.165) is 36.3 Å². The zero-order valence-corrected chi connectivity index (χ0v) is 21.1. The number of hydrogen-bond donors (Lipinski definition) is 1. The molecule has 0 aliphatic heterocycles. The Kier molecular flexibility index (Phi) is 8.15. The molecule has 9 heteroatoms. The summed E-state index contributed by atoms with van der Waals surface area (Å²) in [4.78, 5) is 17.5. The number of carbonyl (C=O) groups excluding carboxylic acids is 1. The average Bonchev–Trinajstić information content (AvgIpc) is 3.12. The molecule has 0 saturated heterocycles. The highest BCUT2D eigenvalue weighted by Gasteiger charge is 2.20. The quantitative estimate of drug-likeness (QED) is 0.452. The van der Waals surface area contributed by atoms with Crippen LogP contribution in [0, 0.1) is 0 Å². The normalized spacial score (nSPS) is 12.9. The van der Waals surface area contributed by atoms with Crippen LogP contribution in [0.3, 0.4) is 0 Å². The van der Waals surface area contributed by atoms with Gasteiger partial charge in [0.1, 0.15) is 5.82 Å². The Labute approximate surface area is 200 Å². The fourth-order valence-electron chi connectivity index (χ4n) is 3.73. The summed E-state index contributed by atoms with van der Waals surface area (Å²) < 4.78 is 28.3. The van der Waals surface area contributed by atoms with Gasteiger partial charge in [-0.05, 0) is 43.2 Å². The van der Waals surface area contributed by atoms with Gasteiger partial charge < -0.3 is 9.88 Å². The number of rotatable bonds is 10. The minimum atomic E-state index is -3.55. The number of amides is 1. The summed E-state index contributed by atoms with van der Waals surface area (Å²) in [5, 5.41) is 3.62. The first kappa shape index (κ1) is 25.2. The van der Waals surface area contributed by atoms with Gasteiger partial charge >= 0.3 is 0 Å². The summed E-state index contributed by atoms with van der Waals surface area (Å²) >= 11 is 6.24. The van der Waals surface area contributed by atoms with Crippen molar-refractivity contribution in [3.63, 3.8) is 0 Å². The lowest BCUT2D eigenvalue weighted by atomic mass is 10.1. The molecule has 1 heterocycles. The lowest BCUT2D eigenvalue weighted by molar-refractivity contribution is -0.121. The second-order valence-corrected chi connectivity index (χ2v) is 10.8. The van der Waals surface area contributed by atoms with E-state index < -0.39 is 10.0 Å². The van der Waals surface area contributed by atoms with Crippen molar-refractivity contribution in [2.24, 2.45) is 0 Å². The number of fused-ring (bicyclic) bond motifs is 1. The summed E-state index contributed by atoms with van der Waals surface area (Å²) in [5.74, 6) is 0.686. The maximum atomic E-state index is 12.6. The lowest BCUT2D eigenvalue weighted by Crippen LogP contribution is -2.27. The molecule has 0 aliphatic rings. The predicted octanol–water partition coefficient (Wildman–Crippen LogP) is 4.55. The molecule has 33 heavy (non-hydrogen) atoms. The van der Waals surface area contributed by atoms with Crippen LogP contribution in [-0.4, -0.2) is 42.3 Å². The van der Waals surface area contributed by atoms with Crippen molar-refractivity contribution in [2.75, 3.05) is 14.1 Å². The van der Waals surface area contributed by atoms with Crippen molar-refractivity contribution in [3.05, 3.63) is 58.9 Å². The molecule has 0 aliphatic carbocycles. The van der Waals surface area contributed by atoms with Gasteiger partial charge in [0.2, 0.25) is 15.9 Å². The molecular formula is C24H31ClN4O3S. The second kappa shape index (κ2) is 10.7. The van der Waals surface area contributed by atoms with E-state index in [0.29, 0.717) is 17.0 Å². The molecule has 0 saturated carbocycles. The summed E-state index contributed by atoms with van der Waals surface area (Å²) in [5.41, 5.74) is 2.37. The van der Waals surface area contributed by atoms with Crippen LogP contribution >= 0.6 is 11.6 Å². The van der Waals surface area contributed by atoms with E-state index in [4.69, 9.17) is 16.6 Å². The number of aromatic nitrogens is 2. The third-order valence-electron chi connectivity index (χ3n) is 5.64. The van der Waals surface area contributed by atoms with Crippen molar-refractivity contribution < 1.29 is 13.2 Å². The Balaban J connectivity index is 1.81. The summed E-state index contributed by atoms with van der Waals surface area (Å²) in [6.07, 6.45) is 2.70. The third-order valence-corrected chi connectivity index (χ3v) is 7.79. The van der Waals surface area contributed by atoms with E-state index in [-0.39, 0.29) is 23.3 Å². The standard InChI is InChI=1S/C24H31ClN4O3S/c1-5-6-15-29-22-12-11-18(33(31,32)28(3)4)16-21(22)27-23(29)13-14-24(30)26-17(2)19-9-7-8-10-20(19)25/h7-12,16-17H,5-6,13-15H2,1-4H3,(H,26,30). The Morgan fingerprint density at radius 3 is 2.61 bits per heavy atom. The molecule has 1 unspecified atom stereocenters. The Morgan fingerprint density at radius 1 is 1.21 bits per heavy atom. The number of nitrogens with zero attached hydrogens (tertiary/aromatic N) is 3. The number of aryl methyl sites for hydroxylation is 2. The number of halogens is 1. The van der Waals surface area contributed by atoms with Crippen molar-refractivity contribution in [3.8, 4) is 0 Å². The first-order valence-corrected chi connectivity index (χ1v) is 12.9. The van der Waals surface area contributed by atoms with Crippen LogP contribution in [0.15, 0.2) is 47.4 Å². The highest BCUT2D eigenvalue weighted by Crippen LogP contribution is 2.24. The summed E-state index contributed by atoms with van der Waals surface area (Å²) in [7, 11) is -0.535. The number of hydrogen-bond acceptors (Lipinski definition) is 4. The SMILES string of the molecule is CCCCn1c(CCC(=O)NC(C)c2ccccc2Cl)nc2cc(S(=O)(=O)N(C)C)ccc21. The van der Waals surface area contributed by atoms with E-state index in [2.05, 4.69) is 16.8 Å². The number of sulfonamides is 1. The number of nitrogens with one attached hydrogen (secondary N) is 1. The van der Waals surface area contributed by atoms with E-state index in [1.54, 1.807) is 24.3 Å². The zero-order valence-electron chi connectivity index (χ0n) is 19.5. The van der Waals surface area contributed by atoms with Crippen LogP contribution in [0.25, 0.3) is 11.0 Å². The topological polar surface area (TPSA) is 84.3 Å². The number of carbonyl (C=O) groups is 1. The molecule has 178 valence electrons. The predicted molar refractivity (Wildman–Crippen MR) is 132 cm³/mol. The van der Waals surface area contributed by atoms with E-state index in [1.807, 2.05) is 25.1 Å². The molecule has 1 aromatic heterocycles. The summed E-state index contributed by atoms with van der Waals surface area (Å²) in [6.45, 7) is 4.78. The monoisotopic (exact) mass is 490 g/mol. The van der Waals surface area contributed by atoms with Crippen molar-refractivity contribution >= 4 is 38.6 Å². The Bertz CT molecular complexity index is 1240. The fourth-order valence-corrected chi connectivity index (χ4v) is 4.95. The molecule has 3 rings (SSSR count). The van der Waals surface area contributed by atoms with Crippen LogP contribution in [0.1, 0.15) is 50.5 Å². The first-order valence-electron chi connectivity index (χ1n) is 11.1. The van der Waals surface area contributed by atoms with Gasteiger partial charge in [-0.2, -0.15) is 0 Å². The smallest absolute Gasteiger partial charge is 0.242 e. The maximum absolute atomic E-state index is 12.6. The van der Waals surface area contributed by atoms with Gasteiger partial charge in [-0.15, -0.1) is 0 Å². The minimum absolute atomic E-state index is 0.0904. The van der Waals surface area contributed by atoms with Gasteiger partial charge in [0.15, 0.2) is 0 Å². The van der Waals surface area contributed by atoms with Crippen LogP contribution in [0.5, 0.6) is 0 Å². The number of unbranched alkanes of at least 4 members (excludes halogenated alkanes) is 1. The van der Waals surface area contributed by atoms with E-state index in [9.17, 15) is 13.2 Å². The molecule has 2 aromatic carbocycles. The molecular weight excluding hydrogens is 460 g/mol. The van der Waals surface area contributed by atoms with Crippen LogP contribution < -0.4 is 5.32 Å². The number of imidazole rings is 1. The van der Waals surface area contributed by atoms with Gasteiger partial charge in [0, 0.05) is 38.5 Å². The molecule has 1 amide bonds. The molecule has 0 fully saturated rings. The highest BCUT2D eigenvalue weighted by atomic mass is 35.5. The Hall–Kier alpha value is -2.42. The minimum Gasteiger partial charge on any atom is -0.350 e. The fraction of sp³-hybridized carbons (Fsp3) is 0.417. The molecule has 1 N–H and O–H groups in total.